The van der Waals surface area contributed by atoms with Crippen LogP contribution in [0.25, 0.3) is 27.7 Å². The van der Waals surface area contributed by atoms with Crippen LogP contribution in [-0.4, -0.2) is 18.2 Å². The Morgan fingerprint density at radius 3 is 2.19 bits per heavy atom. The van der Waals surface area contributed by atoms with Gasteiger partial charge in [-0.3, -0.25) is 4.72 Å². The van der Waals surface area contributed by atoms with E-state index < -0.39 is 10.0 Å². The summed E-state index contributed by atoms with van der Waals surface area (Å²) in [6.45, 7) is 2.02. The maximum Gasteiger partial charge on any atom is 0.263 e. The number of anilines is 1. The molecule has 0 bridgehead atoms. The molecule has 0 saturated heterocycles. The Balaban J connectivity index is 1.58. The highest BCUT2D eigenvalue weighted by molar-refractivity contribution is 7.92. The third-order valence-corrected chi connectivity index (χ3v) is 6.68. The first-order valence-electron chi connectivity index (χ1n) is 10.2. The molecule has 5 aromatic rings. The highest BCUT2D eigenvalue weighted by Crippen LogP contribution is 2.28. The number of fused-ring (bicyclic) bond motifs is 1. The number of nitrogens with zero attached hydrogens (tertiary/aromatic N) is 2. The zero-order chi connectivity index (χ0) is 22.1. The second-order valence-electron chi connectivity index (χ2n) is 7.64. The van der Waals surface area contributed by atoms with Gasteiger partial charge in [-0.15, -0.1) is 0 Å². The summed E-state index contributed by atoms with van der Waals surface area (Å²) in [4.78, 5) is 0.203. The molecule has 1 heterocycles. The van der Waals surface area contributed by atoms with Gasteiger partial charge in [-0.05, 0) is 42.0 Å². The van der Waals surface area contributed by atoms with E-state index in [0.717, 1.165) is 27.6 Å². The number of para-hydroxylation sites is 1. The van der Waals surface area contributed by atoms with E-state index in [2.05, 4.69) is 4.72 Å². The normalized spacial score (nSPS) is 11.5. The highest BCUT2D eigenvalue weighted by atomic mass is 32.2. The standard InChI is InChI=1S/C26H21N3O2S/c1-19-11-13-21(14-12-19)25-18-26(29(27-25)23-9-3-2-4-10-23)28-32(30,31)24-16-15-20-7-5-6-8-22(20)17-24/h2-18,28H,1H3. The minimum absolute atomic E-state index is 0.203. The van der Waals surface area contributed by atoms with Crippen molar-refractivity contribution in [1.29, 1.82) is 0 Å². The first-order valence-corrected chi connectivity index (χ1v) is 11.7. The van der Waals surface area contributed by atoms with Crippen molar-refractivity contribution in [2.45, 2.75) is 11.8 Å². The van der Waals surface area contributed by atoms with Crippen molar-refractivity contribution in [2.24, 2.45) is 0 Å². The van der Waals surface area contributed by atoms with E-state index in [4.69, 9.17) is 5.10 Å². The number of hydrogen-bond acceptors (Lipinski definition) is 3. The summed E-state index contributed by atoms with van der Waals surface area (Å²) >= 11 is 0. The van der Waals surface area contributed by atoms with E-state index in [1.165, 1.54) is 0 Å². The summed E-state index contributed by atoms with van der Waals surface area (Å²) < 4.78 is 30.9. The lowest BCUT2D eigenvalue weighted by Gasteiger charge is -2.11. The molecule has 0 aliphatic rings. The Morgan fingerprint density at radius 1 is 0.750 bits per heavy atom. The molecule has 158 valence electrons. The second kappa shape index (κ2) is 7.98. The molecule has 5 nitrogen and oxygen atoms in total. The topological polar surface area (TPSA) is 64.0 Å². The number of sulfonamides is 1. The molecule has 0 atom stereocenters. The van der Waals surface area contributed by atoms with Crippen molar-refractivity contribution in [3.63, 3.8) is 0 Å². The van der Waals surface area contributed by atoms with Crippen LogP contribution in [-0.2, 0) is 10.0 Å². The van der Waals surface area contributed by atoms with Gasteiger partial charge in [0.15, 0.2) is 0 Å². The quantitative estimate of drug-likeness (QED) is 0.376. The third kappa shape index (κ3) is 3.88. The number of nitrogens with one attached hydrogen (secondary N) is 1. The van der Waals surface area contributed by atoms with Crippen LogP contribution >= 0.6 is 0 Å². The summed E-state index contributed by atoms with van der Waals surface area (Å²) in [5, 5.41) is 6.55. The Bertz CT molecular complexity index is 1510. The predicted octanol–water partition coefficient (Wildman–Crippen LogP) is 5.80. The van der Waals surface area contributed by atoms with Crippen LogP contribution in [0.5, 0.6) is 0 Å². The van der Waals surface area contributed by atoms with E-state index in [1.807, 2.05) is 91.9 Å². The van der Waals surface area contributed by atoms with Crippen LogP contribution in [0, 0.1) is 6.92 Å². The lowest BCUT2D eigenvalue weighted by Crippen LogP contribution is -2.15. The molecule has 32 heavy (non-hydrogen) atoms. The van der Waals surface area contributed by atoms with Gasteiger partial charge < -0.3 is 0 Å². The molecular weight excluding hydrogens is 418 g/mol. The van der Waals surface area contributed by atoms with Gasteiger partial charge in [-0.1, -0.05) is 78.4 Å². The van der Waals surface area contributed by atoms with E-state index >= 15 is 0 Å². The lowest BCUT2D eigenvalue weighted by molar-refractivity contribution is 0.601. The summed E-state index contributed by atoms with van der Waals surface area (Å²) in [5.74, 6) is 0.375. The largest absolute Gasteiger partial charge is 0.263 e. The Morgan fingerprint density at radius 2 is 1.44 bits per heavy atom. The average molecular weight is 440 g/mol. The zero-order valence-corrected chi connectivity index (χ0v) is 18.3. The second-order valence-corrected chi connectivity index (χ2v) is 9.33. The van der Waals surface area contributed by atoms with Gasteiger partial charge in [0.25, 0.3) is 10.0 Å². The SMILES string of the molecule is Cc1ccc(-c2cc(NS(=O)(=O)c3ccc4ccccc4c3)n(-c3ccccc3)n2)cc1. The van der Waals surface area contributed by atoms with Gasteiger partial charge >= 0.3 is 0 Å². The summed E-state index contributed by atoms with van der Waals surface area (Å²) in [6, 6.07) is 32.0. The van der Waals surface area contributed by atoms with Crippen LogP contribution in [0.1, 0.15) is 5.56 Å². The zero-order valence-electron chi connectivity index (χ0n) is 17.4. The molecule has 0 spiro atoms. The minimum Gasteiger partial charge on any atom is -0.263 e. The van der Waals surface area contributed by atoms with E-state index in [-0.39, 0.29) is 4.90 Å². The third-order valence-electron chi connectivity index (χ3n) is 5.33. The summed E-state index contributed by atoms with van der Waals surface area (Å²) in [6.07, 6.45) is 0. The minimum atomic E-state index is -3.82. The molecule has 6 heteroatoms. The van der Waals surface area contributed by atoms with E-state index in [0.29, 0.717) is 11.5 Å². The molecule has 1 aromatic heterocycles. The van der Waals surface area contributed by atoms with Crippen LogP contribution in [0.4, 0.5) is 5.82 Å². The maximum atomic E-state index is 13.3. The van der Waals surface area contributed by atoms with Gasteiger partial charge in [0, 0.05) is 11.6 Å². The molecule has 0 saturated carbocycles. The van der Waals surface area contributed by atoms with Crippen molar-refractivity contribution in [3.05, 3.63) is 109 Å². The monoisotopic (exact) mass is 439 g/mol. The smallest absolute Gasteiger partial charge is 0.263 e. The number of benzene rings is 4. The van der Waals surface area contributed by atoms with Gasteiger partial charge in [0.1, 0.15) is 5.82 Å². The Labute approximate surface area is 187 Å². The van der Waals surface area contributed by atoms with Crippen molar-refractivity contribution in [1.82, 2.24) is 9.78 Å². The highest BCUT2D eigenvalue weighted by Gasteiger charge is 2.19. The van der Waals surface area contributed by atoms with Gasteiger partial charge in [0.2, 0.25) is 0 Å². The van der Waals surface area contributed by atoms with Gasteiger partial charge in [-0.25, -0.2) is 13.1 Å². The van der Waals surface area contributed by atoms with Crippen LogP contribution < -0.4 is 4.72 Å². The van der Waals surface area contributed by atoms with Crippen molar-refractivity contribution in [2.75, 3.05) is 4.72 Å². The number of aromatic nitrogens is 2. The van der Waals surface area contributed by atoms with E-state index in [1.54, 1.807) is 22.9 Å². The number of rotatable bonds is 5. The predicted molar refractivity (Wildman–Crippen MR) is 128 cm³/mol. The molecule has 0 fully saturated rings. The lowest BCUT2D eigenvalue weighted by atomic mass is 10.1. The molecule has 5 rings (SSSR count). The van der Waals surface area contributed by atoms with Crippen molar-refractivity contribution >= 4 is 26.6 Å². The fourth-order valence-corrected chi connectivity index (χ4v) is 4.68. The van der Waals surface area contributed by atoms with E-state index in [9.17, 15) is 8.42 Å². The molecule has 0 radical (unpaired) electrons. The maximum absolute atomic E-state index is 13.3. The molecule has 1 N–H and O–H groups in total. The van der Waals surface area contributed by atoms with Crippen LogP contribution in [0.15, 0.2) is 108 Å². The first-order chi connectivity index (χ1) is 15.5. The number of hydrogen-bond donors (Lipinski definition) is 1. The van der Waals surface area contributed by atoms with Crippen molar-refractivity contribution in [3.8, 4) is 16.9 Å². The average Bonchev–Trinajstić information content (AvgIpc) is 3.23. The molecular formula is C26H21N3O2S. The molecule has 0 amide bonds. The molecule has 0 aliphatic carbocycles. The van der Waals surface area contributed by atoms with Crippen molar-refractivity contribution < 1.29 is 8.42 Å². The Hall–Kier alpha value is -3.90. The number of aryl methyl sites for hydroxylation is 1. The van der Waals surface area contributed by atoms with Gasteiger partial charge in [-0.2, -0.15) is 5.10 Å². The first kappa shape index (κ1) is 20.0. The Kier molecular flexibility index (Phi) is 4.99. The molecule has 4 aromatic carbocycles. The van der Waals surface area contributed by atoms with Crippen LogP contribution in [0.3, 0.4) is 0 Å². The fraction of sp³-hybridized carbons (Fsp3) is 0.0385. The summed E-state index contributed by atoms with van der Waals surface area (Å²) in [5.41, 5.74) is 3.51. The van der Waals surface area contributed by atoms with Crippen LogP contribution in [0.2, 0.25) is 0 Å². The van der Waals surface area contributed by atoms with Gasteiger partial charge in [0.05, 0.1) is 16.3 Å². The fourth-order valence-electron chi connectivity index (χ4n) is 3.62. The summed E-state index contributed by atoms with van der Waals surface area (Å²) in [7, 11) is -3.82. The molecule has 0 aliphatic heterocycles. The molecule has 0 unspecified atom stereocenters.